The van der Waals surface area contributed by atoms with E-state index in [2.05, 4.69) is 4.57 Å². The van der Waals surface area contributed by atoms with E-state index in [0.29, 0.717) is 0 Å². The van der Waals surface area contributed by atoms with Crippen LogP contribution in [0, 0.1) is 5.82 Å². The van der Waals surface area contributed by atoms with E-state index in [1.54, 1.807) is 30.3 Å². The largest absolute Gasteiger partial charge is 0.508 e. The summed E-state index contributed by atoms with van der Waals surface area (Å²) in [4.78, 5) is 0. The molecule has 0 aliphatic heterocycles. The van der Waals surface area contributed by atoms with Crippen LogP contribution in [0.3, 0.4) is 0 Å². The van der Waals surface area contributed by atoms with Gasteiger partial charge in [0.15, 0.2) is 11.6 Å². The Kier molecular flexibility index (Phi) is 3.52. The molecule has 4 heteroatoms. The lowest BCUT2D eigenvalue weighted by Gasteiger charge is -2.10. The number of phenols is 1. The van der Waals surface area contributed by atoms with Crippen LogP contribution in [0.15, 0.2) is 48.5 Å². The third-order valence-corrected chi connectivity index (χ3v) is 3.50. The molecule has 0 fully saturated rings. The Bertz CT molecular complexity index is 780. The van der Waals surface area contributed by atoms with Crippen LogP contribution < -0.4 is 4.74 Å². The number of hydrogen-bond donors (Lipinski definition) is 1. The van der Waals surface area contributed by atoms with Gasteiger partial charge in [0.1, 0.15) is 12.4 Å². The Morgan fingerprint density at radius 2 is 1.95 bits per heavy atom. The standard InChI is InChI=1S/C17H16FNO2/c1-2-19-13(9-12-10-14(20)7-8-16(12)19)11-21-17-6-4-3-5-15(17)18/h3-10,20H,2,11H2,1H3. The van der Waals surface area contributed by atoms with E-state index in [9.17, 15) is 9.50 Å². The molecule has 0 amide bonds. The van der Waals surface area contributed by atoms with Crippen molar-refractivity contribution in [1.29, 1.82) is 0 Å². The van der Waals surface area contributed by atoms with Crippen LogP contribution in [-0.4, -0.2) is 9.67 Å². The van der Waals surface area contributed by atoms with Crippen molar-refractivity contribution in [3.8, 4) is 11.5 Å². The number of rotatable bonds is 4. The number of aryl methyl sites for hydroxylation is 1. The Hall–Kier alpha value is -2.49. The number of fused-ring (bicyclic) bond motifs is 1. The first kappa shape index (κ1) is 13.5. The molecular formula is C17H16FNO2. The van der Waals surface area contributed by atoms with Crippen molar-refractivity contribution >= 4 is 10.9 Å². The van der Waals surface area contributed by atoms with E-state index in [1.807, 2.05) is 19.1 Å². The van der Waals surface area contributed by atoms with Crippen LogP contribution in [0.1, 0.15) is 12.6 Å². The lowest BCUT2D eigenvalue weighted by Crippen LogP contribution is -2.05. The molecule has 0 unspecified atom stereocenters. The van der Waals surface area contributed by atoms with E-state index in [-0.39, 0.29) is 23.9 Å². The fourth-order valence-corrected chi connectivity index (χ4v) is 2.52. The van der Waals surface area contributed by atoms with E-state index in [4.69, 9.17) is 4.74 Å². The lowest BCUT2D eigenvalue weighted by atomic mass is 10.2. The molecular weight excluding hydrogens is 269 g/mol. The molecule has 2 aromatic carbocycles. The highest BCUT2D eigenvalue weighted by atomic mass is 19.1. The molecule has 0 bridgehead atoms. The van der Waals surface area contributed by atoms with Crippen LogP contribution in [0.5, 0.6) is 11.5 Å². The summed E-state index contributed by atoms with van der Waals surface area (Å²) in [5, 5.41) is 10.5. The SMILES string of the molecule is CCn1c(COc2ccccc2F)cc2cc(O)ccc21. The predicted molar refractivity (Wildman–Crippen MR) is 80.0 cm³/mol. The van der Waals surface area contributed by atoms with Gasteiger partial charge in [0.05, 0.1) is 5.69 Å². The Balaban J connectivity index is 1.92. The van der Waals surface area contributed by atoms with Crippen LogP contribution in [0.4, 0.5) is 4.39 Å². The maximum atomic E-state index is 13.6. The molecule has 1 aromatic heterocycles. The normalized spacial score (nSPS) is 11.0. The smallest absolute Gasteiger partial charge is 0.165 e. The maximum absolute atomic E-state index is 13.6. The Morgan fingerprint density at radius 3 is 2.71 bits per heavy atom. The number of aromatic hydroxyl groups is 1. The Morgan fingerprint density at radius 1 is 1.14 bits per heavy atom. The average Bonchev–Trinajstić information content (AvgIpc) is 2.82. The monoisotopic (exact) mass is 285 g/mol. The molecule has 1 heterocycles. The second-order valence-electron chi connectivity index (χ2n) is 4.84. The minimum atomic E-state index is -0.366. The summed E-state index contributed by atoms with van der Waals surface area (Å²) >= 11 is 0. The number of phenolic OH excluding ortho intramolecular Hbond substituents is 1. The number of ether oxygens (including phenoxy) is 1. The van der Waals surface area contributed by atoms with Gasteiger partial charge in [-0.2, -0.15) is 0 Å². The zero-order chi connectivity index (χ0) is 14.8. The summed E-state index contributed by atoms with van der Waals surface area (Å²) in [5.74, 6) is 0.111. The highest BCUT2D eigenvalue weighted by molar-refractivity contribution is 5.82. The number of aromatic nitrogens is 1. The summed E-state index contributed by atoms with van der Waals surface area (Å²) in [6, 6.07) is 13.6. The zero-order valence-corrected chi connectivity index (χ0v) is 11.7. The first-order valence-corrected chi connectivity index (χ1v) is 6.87. The fraction of sp³-hybridized carbons (Fsp3) is 0.176. The second kappa shape index (κ2) is 5.48. The van der Waals surface area contributed by atoms with Crippen molar-refractivity contribution in [2.75, 3.05) is 0 Å². The van der Waals surface area contributed by atoms with Crippen molar-refractivity contribution in [1.82, 2.24) is 4.57 Å². The van der Waals surface area contributed by atoms with Gasteiger partial charge in [-0.05, 0) is 43.3 Å². The van der Waals surface area contributed by atoms with Crippen LogP contribution in [-0.2, 0) is 13.2 Å². The molecule has 0 aliphatic rings. The number of para-hydroxylation sites is 1. The molecule has 108 valence electrons. The third kappa shape index (κ3) is 2.57. The molecule has 0 saturated carbocycles. The van der Waals surface area contributed by atoms with Gasteiger partial charge in [0.25, 0.3) is 0 Å². The number of halogens is 1. The molecule has 0 spiro atoms. The number of hydrogen-bond acceptors (Lipinski definition) is 2. The van der Waals surface area contributed by atoms with E-state index in [0.717, 1.165) is 23.1 Å². The average molecular weight is 285 g/mol. The van der Waals surface area contributed by atoms with Crippen molar-refractivity contribution in [3.63, 3.8) is 0 Å². The highest BCUT2D eigenvalue weighted by Crippen LogP contribution is 2.25. The summed E-state index contributed by atoms with van der Waals surface area (Å²) in [5.41, 5.74) is 1.98. The molecule has 0 atom stereocenters. The first-order chi connectivity index (χ1) is 10.2. The van der Waals surface area contributed by atoms with Crippen molar-refractivity contribution in [3.05, 3.63) is 60.0 Å². The molecule has 3 rings (SSSR count). The van der Waals surface area contributed by atoms with Gasteiger partial charge in [0, 0.05) is 17.4 Å². The maximum Gasteiger partial charge on any atom is 0.165 e. The minimum Gasteiger partial charge on any atom is -0.508 e. The summed E-state index contributed by atoms with van der Waals surface area (Å²) in [7, 11) is 0. The quantitative estimate of drug-likeness (QED) is 0.783. The molecule has 1 N–H and O–H groups in total. The van der Waals surface area contributed by atoms with Crippen molar-refractivity contribution in [2.24, 2.45) is 0 Å². The first-order valence-electron chi connectivity index (χ1n) is 6.87. The third-order valence-electron chi connectivity index (χ3n) is 3.50. The molecule has 3 aromatic rings. The van der Waals surface area contributed by atoms with Gasteiger partial charge in [-0.3, -0.25) is 0 Å². The molecule has 0 aliphatic carbocycles. The molecule has 0 radical (unpaired) electrons. The van der Waals surface area contributed by atoms with Crippen LogP contribution in [0.2, 0.25) is 0 Å². The van der Waals surface area contributed by atoms with Crippen molar-refractivity contribution in [2.45, 2.75) is 20.1 Å². The fourth-order valence-electron chi connectivity index (χ4n) is 2.52. The number of nitrogens with zero attached hydrogens (tertiary/aromatic N) is 1. The van der Waals surface area contributed by atoms with Gasteiger partial charge in [-0.25, -0.2) is 4.39 Å². The zero-order valence-electron chi connectivity index (χ0n) is 11.7. The molecule has 0 saturated heterocycles. The van der Waals surface area contributed by atoms with E-state index in [1.165, 1.54) is 6.07 Å². The van der Waals surface area contributed by atoms with Gasteiger partial charge in [-0.1, -0.05) is 12.1 Å². The van der Waals surface area contributed by atoms with Crippen LogP contribution >= 0.6 is 0 Å². The van der Waals surface area contributed by atoms with Crippen molar-refractivity contribution < 1.29 is 14.2 Å². The topological polar surface area (TPSA) is 34.4 Å². The highest BCUT2D eigenvalue weighted by Gasteiger charge is 2.10. The number of benzene rings is 2. The molecule has 3 nitrogen and oxygen atoms in total. The predicted octanol–water partition coefficient (Wildman–Crippen LogP) is 4.08. The minimum absolute atomic E-state index is 0.234. The summed E-state index contributed by atoms with van der Waals surface area (Å²) in [6.07, 6.45) is 0. The van der Waals surface area contributed by atoms with E-state index >= 15 is 0 Å². The van der Waals surface area contributed by atoms with Gasteiger partial charge < -0.3 is 14.4 Å². The lowest BCUT2D eigenvalue weighted by molar-refractivity contribution is 0.281. The summed E-state index contributed by atoms with van der Waals surface area (Å²) in [6.45, 7) is 3.10. The van der Waals surface area contributed by atoms with E-state index < -0.39 is 0 Å². The second-order valence-corrected chi connectivity index (χ2v) is 4.84. The van der Waals surface area contributed by atoms with Gasteiger partial charge in [0.2, 0.25) is 0 Å². The molecule has 21 heavy (non-hydrogen) atoms. The van der Waals surface area contributed by atoms with Crippen LogP contribution in [0.25, 0.3) is 10.9 Å². The summed E-state index contributed by atoms with van der Waals surface area (Å²) < 4.78 is 21.2. The van der Waals surface area contributed by atoms with Gasteiger partial charge >= 0.3 is 0 Å². The Labute approximate surface area is 122 Å². The van der Waals surface area contributed by atoms with Gasteiger partial charge in [-0.15, -0.1) is 0 Å².